The van der Waals surface area contributed by atoms with E-state index in [1.807, 2.05) is 18.5 Å². The molecule has 0 aliphatic heterocycles. The summed E-state index contributed by atoms with van der Waals surface area (Å²) in [7, 11) is 0. The van der Waals surface area contributed by atoms with Crippen molar-refractivity contribution in [1.29, 1.82) is 0 Å². The van der Waals surface area contributed by atoms with E-state index in [4.69, 9.17) is 11.6 Å². The van der Waals surface area contributed by atoms with Crippen LogP contribution in [0.25, 0.3) is 0 Å². The van der Waals surface area contributed by atoms with Gasteiger partial charge in [-0.2, -0.15) is 0 Å². The number of aromatic nitrogens is 1. The van der Waals surface area contributed by atoms with Gasteiger partial charge < -0.3 is 5.32 Å². The number of alkyl halides is 1. The van der Waals surface area contributed by atoms with Gasteiger partial charge in [-0.3, -0.25) is 4.98 Å². The molecule has 2 atom stereocenters. The lowest BCUT2D eigenvalue weighted by atomic mass is 10.1. The lowest BCUT2D eigenvalue weighted by Gasteiger charge is -2.23. The molecule has 1 fully saturated rings. The third-order valence-corrected chi connectivity index (χ3v) is 3.82. The van der Waals surface area contributed by atoms with Gasteiger partial charge >= 0.3 is 0 Å². The molecule has 1 aromatic rings. The molecular formula is C13H19ClN2. The van der Waals surface area contributed by atoms with Crippen molar-refractivity contribution in [3.63, 3.8) is 0 Å². The normalized spacial score (nSPS) is 26.1. The Balaban J connectivity index is 2.05. The summed E-state index contributed by atoms with van der Waals surface area (Å²) in [5.41, 5.74) is 2.36. The molecule has 0 aromatic carbocycles. The van der Waals surface area contributed by atoms with Crippen LogP contribution in [-0.4, -0.2) is 16.4 Å². The highest BCUT2D eigenvalue weighted by molar-refractivity contribution is 6.21. The molecule has 16 heavy (non-hydrogen) atoms. The van der Waals surface area contributed by atoms with Crippen molar-refractivity contribution in [3.8, 4) is 0 Å². The maximum Gasteiger partial charge on any atom is 0.0537 e. The fourth-order valence-corrected chi connectivity index (χ4v) is 2.60. The molecule has 1 aromatic heterocycles. The number of anilines is 1. The van der Waals surface area contributed by atoms with E-state index >= 15 is 0 Å². The van der Waals surface area contributed by atoms with Crippen LogP contribution in [0.3, 0.4) is 0 Å². The number of nitrogens with one attached hydrogen (secondary N) is 1. The average Bonchev–Trinajstić information content (AvgIpc) is 2.48. The molecule has 2 nitrogen and oxygen atoms in total. The first-order valence-corrected chi connectivity index (χ1v) is 6.52. The smallest absolute Gasteiger partial charge is 0.0537 e. The Kier molecular flexibility index (Phi) is 4.05. The molecule has 0 saturated heterocycles. The molecular weight excluding hydrogens is 220 g/mol. The summed E-state index contributed by atoms with van der Waals surface area (Å²) in [6.07, 6.45) is 9.89. The van der Waals surface area contributed by atoms with Crippen molar-refractivity contribution in [2.24, 2.45) is 0 Å². The largest absolute Gasteiger partial charge is 0.381 e. The zero-order chi connectivity index (χ0) is 11.4. The molecule has 1 N–H and O–H groups in total. The molecule has 1 aliphatic rings. The fraction of sp³-hybridized carbons (Fsp3) is 0.615. The minimum Gasteiger partial charge on any atom is -0.381 e. The second-order valence-electron chi connectivity index (χ2n) is 4.60. The first kappa shape index (κ1) is 11.7. The first-order chi connectivity index (χ1) is 7.77. The van der Waals surface area contributed by atoms with Crippen LogP contribution in [0.1, 0.15) is 37.7 Å². The minimum absolute atomic E-state index is 0.259. The van der Waals surface area contributed by atoms with Crippen molar-refractivity contribution in [2.75, 3.05) is 5.32 Å². The number of hydrogen-bond acceptors (Lipinski definition) is 2. The van der Waals surface area contributed by atoms with E-state index in [9.17, 15) is 0 Å². The molecule has 1 heterocycles. The van der Waals surface area contributed by atoms with Crippen LogP contribution < -0.4 is 5.32 Å². The molecule has 88 valence electrons. The number of nitrogens with zero attached hydrogens (tertiary/aromatic N) is 1. The highest BCUT2D eigenvalue weighted by atomic mass is 35.5. The Bertz CT molecular complexity index is 340. The van der Waals surface area contributed by atoms with Gasteiger partial charge in [0, 0.05) is 24.1 Å². The average molecular weight is 239 g/mol. The first-order valence-electron chi connectivity index (χ1n) is 6.08. The maximum absolute atomic E-state index is 6.41. The van der Waals surface area contributed by atoms with E-state index in [0.717, 1.165) is 6.42 Å². The van der Waals surface area contributed by atoms with Gasteiger partial charge in [-0.1, -0.05) is 19.3 Å². The molecule has 0 bridgehead atoms. The standard InChI is InChI=1S/C13H19ClN2/c1-10-9-15-8-7-12(10)16-13-6-4-2-3-5-11(13)14/h7-9,11,13H,2-6H2,1H3,(H,15,16). The van der Waals surface area contributed by atoms with Gasteiger partial charge in [-0.05, 0) is 31.4 Å². The Morgan fingerprint density at radius 1 is 1.31 bits per heavy atom. The van der Waals surface area contributed by atoms with E-state index in [2.05, 4.69) is 17.2 Å². The van der Waals surface area contributed by atoms with Crippen LogP contribution >= 0.6 is 11.6 Å². The molecule has 1 saturated carbocycles. The van der Waals surface area contributed by atoms with Crippen LogP contribution in [0.5, 0.6) is 0 Å². The summed E-state index contributed by atoms with van der Waals surface area (Å²) < 4.78 is 0. The SMILES string of the molecule is Cc1cnccc1NC1CCCCCC1Cl. The predicted molar refractivity (Wildman–Crippen MR) is 69.1 cm³/mol. The fourth-order valence-electron chi connectivity index (χ4n) is 2.26. The monoisotopic (exact) mass is 238 g/mol. The van der Waals surface area contributed by atoms with Crippen LogP contribution in [-0.2, 0) is 0 Å². The van der Waals surface area contributed by atoms with E-state index in [1.165, 1.54) is 36.9 Å². The Hall–Kier alpha value is -0.760. The molecule has 2 unspecified atom stereocenters. The lowest BCUT2D eigenvalue weighted by molar-refractivity contribution is 0.627. The molecule has 2 rings (SSSR count). The summed E-state index contributed by atoms with van der Waals surface area (Å²) in [6, 6.07) is 2.44. The van der Waals surface area contributed by atoms with Crippen molar-refractivity contribution >= 4 is 17.3 Å². The van der Waals surface area contributed by atoms with Gasteiger partial charge in [0.25, 0.3) is 0 Å². The second-order valence-corrected chi connectivity index (χ2v) is 5.16. The van der Waals surface area contributed by atoms with E-state index < -0.39 is 0 Å². The molecule has 0 radical (unpaired) electrons. The van der Waals surface area contributed by atoms with Crippen LogP contribution in [0.15, 0.2) is 18.5 Å². The molecule has 0 spiro atoms. The third-order valence-electron chi connectivity index (χ3n) is 3.29. The number of hydrogen-bond donors (Lipinski definition) is 1. The maximum atomic E-state index is 6.41. The van der Waals surface area contributed by atoms with Gasteiger partial charge in [0.2, 0.25) is 0 Å². The number of halogens is 1. The summed E-state index contributed by atoms with van der Waals surface area (Å²) in [4.78, 5) is 4.10. The highest BCUT2D eigenvalue weighted by Crippen LogP contribution is 2.26. The van der Waals surface area contributed by atoms with Gasteiger partial charge in [0.15, 0.2) is 0 Å². The van der Waals surface area contributed by atoms with Crippen LogP contribution in [0.2, 0.25) is 0 Å². The van der Waals surface area contributed by atoms with Gasteiger partial charge in [-0.25, -0.2) is 0 Å². The van der Waals surface area contributed by atoms with Gasteiger partial charge in [0.1, 0.15) is 0 Å². The van der Waals surface area contributed by atoms with Crippen molar-refractivity contribution < 1.29 is 0 Å². The summed E-state index contributed by atoms with van der Waals surface area (Å²) in [5, 5.41) is 3.83. The number of aryl methyl sites for hydroxylation is 1. The summed E-state index contributed by atoms with van der Waals surface area (Å²) in [6.45, 7) is 2.08. The summed E-state index contributed by atoms with van der Waals surface area (Å²) in [5.74, 6) is 0. The lowest BCUT2D eigenvalue weighted by Crippen LogP contribution is -2.29. The number of rotatable bonds is 2. The minimum atomic E-state index is 0.259. The van der Waals surface area contributed by atoms with Crippen molar-refractivity contribution in [2.45, 2.75) is 50.4 Å². The zero-order valence-corrected chi connectivity index (χ0v) is 10.5. The second kappa shape index (κ2) is 5.53. The van der Waals surface area contributed by atoms with Crippen molar-refractivity contribution in [3.05, 3.63) is 24.0 Å². The highest BCUT2D eigenvalue weighted by Gasteiger charge is 2.21. The van der Waals surface area contributed by atoms with E-state index in [0.29, 0.717) is 6.04 Å². The topological polar surface area (TPSA) is 24.9 Å². The predicted octanol–water partition coefficient (Wildman–Crippen LogP) is 3.74. The Labute approximate surface area is 102 Å². The quantitative estimate of drug-likeness (QED) is 0.627. The zero-order valence-electron chi connectivity index (χ0n) is 9.75. The van der Waals surface area contributed by atoms with E-state index in [-0.39, 0.29) is 5.38 Å². The van der Waals surface area contributed by atoms with Crippen molar-refractivity contribution in [1.82, 2.24) is 4.98 Å². The Morgan fingerprint density at radius 3 is 2.94 bits per heavy atom. The third kappa shape index (κ3) is 2.88. The molecule has 0 amide bonds. The number of pyridine rings is 1. The van der Waals surface area contributed by atoms with Crippen LogP contribution in [0, 0.1) is 6.92 Å². The molecule has 3 heteroatoms. The summed E-state index contributed by atoms with van der Waals surface area (Å²) >= 11 is 6.41. The molecule has 1 aliphatic carbocycles. The van der Waals surface area contributed by atoms with E-state index in [1.54, 1.807) is 0 Å². The van der Waals surface area contributed by atoms with Gasteiger partial charge in [0.05, 0.1) is 5.38 Å². The Morgan fingerprint density at radius 2 is 2.12 bits per heavy atom. The van der Waals surface area contributed by atoms with Gasteiger partial charge in [-0.15, -0.1) is 11.6 Å². The van der Waals surface area contributed by atoms with Crippen LogP contribution in [0.4, 0.5) is 5.69 Å².